The Hall–Kier alpha value is -1.51. The van der Waals surface area contributed by atoms with E-state index in [1.165, 1.54) is 17.7 Å². The Labute approximate surface area is 83.2 Å². The van der Waals surface area contributed by atoms with E-state index in [4.69, 9.17) is 0 Å². The van der Waals surface area contributed by atoms with Gasteiger partial charge in [-0.3, -0.25) is 10.9 Å². The summed E-state index contributed by atoms with van der Waals surface area (Å²) < 4.78 is 0. The second kappa shape index (κ2) is 2.50. The van der Waals surface area contributed by atoms with Gasteiger partial charge in [-0.15, -0.1) is 0 Å². The van der Waals surface area contributed by atoms with Crippen LogP contribution in [0.5, 0.6) is 0 Å². The maximum Gasteiger partial charge on any atom is 0.154 e. The van der Waals surface area contributed by atoms with Crippen LogP contribution in [0.25, 0.3) is 5.70 Å². The molecule has 0 aromatic carbocycles. The Balaban J connectivity index is 2.20. The van der Waals surface area contributed by atoms with Gasteiger partial charge >= 0.3 is 0 Å². The van der Waals surface area contributed by atoms with Crippen LogP contribution in [0.1, 0.15) is 36.1 Å². The summed E-state index contributed by atoms with van der Waals surface area (Å²) in [6, 6.07) is 2.23. The van der Waals surface area contributed by atoms with Crippen LogP contribution in [0, 0.1) is 0 Å². The van der Waals surface area contributed by atoms with Crippen LogP contribution in [0.15, 0.2) is 12.6 Å². The molecule has 0 saturated carbocycles. The lowest BCUT2D eigenvalue weighted by Crippen LogP contribution is -2.10. The van der Waals surface area contributed by atoms with Gasteiger partial charge in [0.2, 0.25) is 0 Å². The highest BCUT2D eigenvalue weighted by molar-refractivity contribution is 5.78. The summed E-state index contributed by atoms with van der Waals surface area (Å²) in [5.74, 6) is 1.58. The van der Waals surface area contributed by atoms with E-state index < -0.39 is 0 Å². The Bertz CT molecular complexity index is 423. The molecule has 0 radical (unpaired) electrons. The molecule has 3 nitrogen and oxygen atoms in total. The van der Waals surface area contributed by atoms with Gasteiger partial charge in [0, 0.05) is 11.3 Å². The molecule has 1 aliphatic heterocycles. The number of nitrogens with zero attached hydrogens (tertiary/aromatic N) is 1. The average molecular weight is 187 g/mol. The number of aromatic nitrogens is 1. The zero-order valence-corrected chi connectivity index (χ0v) is 8.22. The van der Waals surface area contributed by atoms with Crippen LogP contribution < -0.4 is 10.9 Å². The highest BCUT2D eigenvalue weighted by atomic mass is 15.4. The monoisotopic (exact) mass is 187 g/mol. The maximum atomic E-state index is 4.60. The predicted molar refractivity (Wildman–Crippen MR) is 56.8 cm³/mol. The zero-order valence-electron chi connectivity index (χ0n) is 8.22. The first-order valence-electron chi connectivity index (χ1n) is 5.01. The van der Waals surface area contributed by atoms with Crippen molar-refractivity contribution in [2.75, 3.05) is 5.43 Å². The molecule has 0 unspecified atom stereocenters. The maximum absolute atomic E-state index is 4.60. The first-order valence-corrected chi connectivity index (χ1v) is 5.01. The molecule has 3 heteroatoms. The minimum absolute atomic E-state index is 0.649. The molecule has 2 heterocycles. The normalized spacial score (nSPS) is 22.6. The summed E-state index contributed by atoms with van der Waals surface area (Å²) in [7, 11) is 0. The van der Waals surface area contributed by atoms with Gasteiger partial charge in [-0.25, -0.2) is 4.98 Å². The molecular formula is C11H13N3. The van der Waals surface area contributed by atoms with Gasteiger partial charge in [0.15, 0.2) is 5.82 Å². The van der Waals surface area contributed by atoms with Crippen LogP contribution in [0.4, 0.5) is 5.82 Å². The van der Waals surface area contributed by atoms with Crippen molar-refractivity contribution in [2.24, 2.45) is 0 Å². The first-order chi connectivity index (χ1) is 6.75. The van der Waals surface area contributed by atoms with Crippen molar-refractivity contribution in [1.82, 2.24) is 10.4 Å². The van der Waals surface area contributed by atoms with Gasteiger partial charge in [0.25, 0.3) is 0 Å². The quantitative estimate of drug-likeness (QED) is 0.652. The topological polar surface area (TPSA) is 37.0 Å². The number of anilines is 1. The molecule has 2 aliphatic rings. The lowest BCUT2D eigenvalue weighted by atomic mass is 10.0. The molecule has 0 saturated heterocycles. The van der Waals surface area contributed by atoms with Crippen molar-refractivity contribution < 1.29 is 0 Å². The Morgan fingerprint density at radius 2 is 2.36 bits per heavy atom. The van der Waals surface area contributed by atoms with Crippen molar-refractivity contribution in [1.29, 1.82) is 0 Å². The SMILES string of the molecule is C=C1NNc2nc3c(cc21)[C@H](C)CC3. The molecule has 14 heavy (non-hydrogen) atoms. The highest BCUT2D eigenvalue weighted by Gasteiger charge is 2.25. The number of aryl methyl sites for hydroxylation is 1. The van der Waals surface area contributed by atoms with Crippen molar-refractivity contribution in [2.45, 2.75) is 25.7 Å². The van der Waals surface area contributed by atoms with Gasteiger partial charge in [0.05, 0.1) is 5.70 Å². The average Bonchev–Trinajstić information content (AvgIpc) is 2.71. The Morgan fingerprint density at radius 1 is 1.50 bits per heavy atom. The molecule has 1 aromatic heterocycles. The Morgan fingerprint density at radius 3 is 3.21 bits per heavy atom. The van der Waals surface area contributed by atoms with E-state index >= 15 is 0 Å². The van der Waals surface area contributed by atoms with E-state index in [1.54, 1.807) is 0 Å². The number of hydrazine groups is 1. The van der Waals surface area contributed by atoms with Crippen LogP contribution in [-0.4, -0.2) is 4.98 Å². The molecular weight excluding hydrogens is 174 g/mol. The molecule has 0 fully saturated rings. The molecule has 1 aliphatic carbocycles. The van der Waals surface area contributed by atoms with Gasteiger partial charge < -0.3 is 0 Å². The number of hydrogen-bond acceptors (Lipinski definition) is 3. The number of pyridine rings is 1. The largest absolute Gasteiger partial charge is 0.299 e. The molecule has 0 amide bonds. The third-order valence-corrected chi connectivity index (χ3v) is 3.14. The number of fused-ring (bicyclic) bond motifs is 2. The fourth-order valence-electron chi connectivity index (χ4n) is 2.23. The zero-order chi connectivity index (χ0) is 9.71. The first kappa shape index (κ1) is 7.85. The smallest absolute Gasteiger partial charge is 0.154 e. The summed E-state index contributed by atoms with van der Waals surface area (Å²) in [4.78, 5) is 4.60. The van der Waals surface area contributed by atoms with E-state index in [1.807, 2.05) is 0 Å². The highest BCUT2D eigenvalue weighted by Crippen LogP contribution is 2.36. The van der Waals surface area contributed by atoms with Gasteiger partial charge in [-0.05, 0) is 30.4 Å². The van der Waals surface area contributed by atoms with Crippen LogP contribution >= 0.6 is 0 Å². The van der Waals surface area contributed by atoms with Crippen molar-refractivity contribution >= 4 is 11.5 Å². The van der Waals surface area contributed by atoms with Crippen LogP contribution in [0.2, 0.25) is 0 Å². The molecule has 1 atom stereocenters. The van der Waals surface area contributed by atoms with E-state index in [0.717, 1.165) is 23.5 Å². The minimum atomic E-state index is 0.649. The number of rotatable bonds is 0. The van der Waals surface area contributed by atoms with Crippen molar-refractivity contribution in [3.8, 4) is 0 Å². The molecule has 2 N–H and O–H groups in total. The summed E-state index contributed by atoms with van der Waals surface area (Å²) in [5.41, 5.74) is 10.7. The number of nitrogens with one attached hydrogen (secondary N) is 2. The van der Waals surface area contributed by atoms with Crippen molar-refractivity contribution in [3.63, 3.8) is 0 Å². The minimum Gasteiger partial charge on any atom is -0.299 e. The fourth-order valence-corrected chi connectivity index (χ4v) is 2.23. The third-order valence-electron chi connectivity index (χ3n) is 3.14. The van der Waals surface area contributed by atoms with Gasteiger partial charge in [0.1, 0.15) is 0 Å². The molecule has 0 spiro atoms. The van der Waals surface area contributed by atoms with Crippen molar-refractivity contribution in [3.05, 3.63) is 29.5 Å². The van der Waals surface area contributed by atoms with Gasteiger partial charge in [-0.1, -0.05) is 13.5 Å². The summed E-state index contributed by atoms with van der Waals surface area (Å²) in [5, 5.41) is 0. The second-order valence-corrected chi connectivity index (χ2v) is 4.09. The lowest BCUT2D eigenvalue weighted by molar-refractivity contribution is 0.746. The Kier molecular flexibility index (Phi) is 1.40. The van der Waals surface area contributed by atoms with Gasteiger partial charge in [-0.2, -0.15) is 0 Å². The van der Waals surface area contributed by atoms with E-state index in [-0.39, 0.29) is 0 Å². The third kappa shape index (κ3) is 0.895. The van der Waals surface area contributed by atoms with Crippen LogP contribution in [0.3, 0.4) is 0 Å². The summed E-state index contributed by atoms with van der Waals surface area (Å²) >= 11 is 0. The van der Waals surface area contributed by atoms with E-state index in [0.29, 0.717) is 5.92 Å². The second-order valence-electron chi connectivity index (χ2n) is 4.09. The summed E-state index contributed by atoms with van der Waals surface area (Å²) in [6.45, 7) is 6.19. The van der Waals surface area contributed by atoms with Crippen LogP contribution in [-0.2, 0) is 6.42 Å². The molecule has 3 rings (SSSR count). The molecule has 0 bridgehead atoms. The molecule has 1 aromatic rings. The van der Waals surface area contributed by atoms with E-state index in [9.17, 15) is 0 Å². The predicted octanol–water partition coefficient (Wildman–Crippen LogP) is 2.03. The number of hydrogen-bond donors (Lipinski definition) is 2. The molecule has 72 valence electrons. The fraction of sp³-hybridized carbons (Fsp3) is 0.364. The lowest BCUT2D eigenvalue weighted by Gasteiger charge is -2.05. The standard InChI is InChI=1S/C11H13N3/c1-6-3-4-10-8(6)5-9-7(2)13-14-11(9)12-10/h5-6,13H,2-4H2,1H3,(H,12,14)/t6-/m1/s1. The summed E-state index contributed by atoms with van der Waals surface area (Å²) in [6.07, 6.45) is 2.34. The van der Waals surface area contributed by atoms with E-state index in [2.05, 4.69) is 35.4 Å².